The second-order valence-corrected chi connectivity index (χ2v) is 7.84. The van der Waals surface area contributed by atoms with E-state index in [1.807, 2.05) is 12.1 Å². The van der Waals surface area contributed by atoms with Gasteiger partial charge in [-0.2, -0.15) is 15.0 Å². The van der Waals surface area contributed by atoms with Crippen molar-refractivity contribution in [1.82, 2.24) is 15.0 Å². The molecule has 160 valence electrons. The maximum atomic E-state index is 5.59. The second kappa shape index (κ2) is 13.7. The zero-order valence-corrected chi connectivity index (χ0v) is 18.0. The zero-order valence-electron chi connectivity index (χ0n) is 18.0. The average Bonchev–Trinajstić information content (AvgIpc) is 2.69. The Hall–Kier alpha value is -2.37. The highest BCUT2D eigenvalue weighted by atomic mass is 15.2. The largest absolute Gasteiger partial charge is 0.368 e. The molecule has 6 heteroatoms. The summed E-state index contributed by atoms with van der Waals surface area (Å²) in [6.07, 6.45) is 17.7. The normalized spacial score (nSPS) is 10.9. The molecule has 2 rings (SSSR count). The minimum Gasteiger partial charge on any atom is -0.368 e. The number of nitrogens with zero attached hydrogens (tertiary/aromatic N) is 3. The number of nitrogens with two attached hydrogens (primary N) is 2. The van der Waals surface area contributed by atoms with Crippen LogP contribution in [0.15, 0.2) is 24.3 Å². The minimum atomic E-state index is 0.114. The van der Waals surface area contributed by atoms with Crippen LogP contribution in [-0.4, -0.2) is 15.0 Å². The van der Waals surface area contributed by atoms with Crippen LogP contribution in [0.4, 0.5) is 23.5 Å². The fourth-order valence-corrected chi connectivity index (χ4v) is 3.52. The molecule has 0 fully saturated rings. The van der Waals surface area contributed by atoms with Gasteiger partial charge in [0, 0.05) is 5.69 Å². The molecule has 5 N–H and O–H groups in total. The van der Waals surface area contributed by atoms with Gasteiger partial charge >= 0.3 is 0 Å². The van der Waals surface area contributed by atoms with Gasteiger partial charge in [0.1, 0.15) is 0 Å². The quantitative estimate of drug-likeness (QED) is 0.317. The number of anilines is 4. The fourth-order valence-electron chi connectivity index (χ4n) is 3.52. The third kappa shape index (κ3) is 10.1. The lowest BCUT2D eigenvalue weighted by molar-refractivity contribution is 0.544. The van der Waals surface area contributed by atoms with E-state index in [0.717, 1.165) is 12.1 Å². The van der Waals surface area contributed by atoms with E-state index in [1.54, 1.807) is 0 Å². The lowest BCUT2D eigenvalue weighted by Gasteiger charge is -2.07. The molecule has 1 heterocycles. The lowest BCUT2D eigenvalue weighted by Crippen LogP contribution is -2.06. The molecule has 0 bridgehead atoms. The van der Waals surface area contributed by atoms with Crippen LogP contribution in [0, 0.1) is 0 Å². The number of unbranched alkanes of at least 4 members (excludes halogenated alkanes) is 11. The molecular formula is C23H38N6. The molecule has 0 saturated carbocycles. The van der Waals surface area contributed by atoms with Crippen molar-refractivity contribution < 1.29 is 0 Å². The summed E-state index contributed by atoms with van der Waals surface area (Å²) in [5.74, 6) is 0.593. The Bertz CT molecular complexity index is 666. The number of nitrogens with one attached hydrogen (secondary N) is 1. The van der Waals surface area contributed by atoms with Crippen LogP contribution in [0.25, 0.3) is 0 Å². The Morgan fingerprint density at radius 1 is 0.655 bits per heavy atom. The van der Waals surface area contributed by atoms with Crippen LogP contribution >= 0.6 is 0 Å². The second-order valence-electron chi connectivity index (χ2n) is 7.84. The van der Waals surface area contributed by atoms with Gasteiger partial charge in [0.15, 0.2) is 0 Å². The number of hydrogen-bond acceptors (Lipinski definition) is 6. The molecule has 0 radical (unpaired) electrons. The summed E-state index contributed by atoms with van der Waals surface area (Å²) in [4.78, 5) is 11.8. The monoisotopic (exact) mass is 398 g/mol. The van der Waals surface area contributed by atoms with Crippen LogP contribution in [0.3, 0.4) is 0 Å². The van der Waals surface area contributed by atoms with Gasteiger partial charge < -0.3 is 16.8 Å². The zero-order chi connectivity index (χ0) is 20.7. The first-order chi connectivity index (χ1) is 14.2. The number of hydrogen-bond donors (Lipinski definition) is 3. The van der Waals surface area contributed by atoms with E-state index in [1.165, 1.54) is 82.6 Å². The number of rotatable bonds is 15. The van der Waals surface area contributed by atoms with Crippen molar-refractivity contribution in [2.45, 2.75) is 90.4 Å². The highest BCUT2D eigenvalue weighted by molar-refractivity contribution is 5.55. The van der Waals surface area contributed by atoms with Crippen LogP contribution in [-0.2, 0) is 6.42 Å². The van der Waals surface area contributed by atoms with Gasteiger partial charge in [-0.25, -0.2) is 0 Å². The summed E-state index contributed by atoms with van der Waals surface area (Å²) < 4.78 is 0. The van der Waals surface area contributed by atoms with E-state index in [2.05, 4.69) is 39.3 Å². The molecule has 1 aromatic heterocycles. The highest BCUT2D eigenvalue weighted by Gasteiger charge is 2.02. The molecule has 29 heavy (non-hydrogen) atoms. The van der Waals surface area contributed by atoms with E-state index < -0.39 is 0 Å². The number of aryl methyl sites for hydroxylation is 1. The first kappa shape index (κ1) is 22.9. The summed E-state index contributed by atoms with van der Waals surface area (Å²) in [5, 5.41) is 3.11. The summed E-state index contributed by atoms with van der Waals surface area (Å²) in [6.45, 7) is 2.28. The standard InChI is InChI=1S/C23H38N6/c1-2-3-4-5-6-7-8-9-10-11-12-13-14-19-15-17-20(18-16-19)26-23-28-21(24)27-22(25)29-23/h15-18H,2-14H2,1H3,(H5,24,25,26,27,28,29). The molecule has 0 spiro atoms. The third-order valence-corrected chi connectivity index (χ3v) is 5.20. The predicted octanol–water partition coefficient (Wildman–Crippen LogP) is 6.02. The molecule has 0 unspecified atom stereocenters. The van der Waals surface area contributed by atoms with E-state index >= 15 is 0 Å². The molecule has 0 aliphatic rings. The number of nitrogen functional groups attached to an aromatic ring is 2. The van der Waals surface area contributed by atoms with Gasteiger partial charge in [0.05, 0.1) is 0 Å². The summed E-state index contributed by atoms with van der Waals surface area (Å²) in [7, 11) is 0. The van der Waals surface area contributed by atoms with Crippen LogP contribution in [0.5, 0.6) is 0 Å². The van der Waals surface area contributed by atoms with Crippen molar-refractivity contribution in [3.8, 4) is 0 Å². The van der Waals surface area contributed by atoms with Gasteiger partial charge in [-0.1, -0.05) is 89.7 Å². The molecule has 0 atom stereocenters. The molecule has 2 aromatic rings. The lowest BCUT2D eigenvalue weighted by atomic mass is 10.0. The molecular weight excluding hydrogens is 360 g/mol. The average molecular weight is 399 g/mol. The highest BCUT2D eigenvalue weighted by Crippen LogP contribution is 2.17. The van der Waals surface area contributed by atoms with Crippen molar-refractivity contribution in [3.05, 3.63) is 29.8 Å². The Kier molecular flexibility index (Phi) is 10.9. The topological polar surface area (TPSA) is 103 Å². The van der Waals surface area contributed by atoms with Gasteiger partial charge in [-0.15, -0.1) is 0 Å². The SMILES string of the molecule is CCCCCCCCCCCCCCc1ccc(Nc2nc(N)nc(N)n2)cc1. The van der Waals surface area contributed by atoms with E-state index in [4.69, 9.17) is 11.5 Å². The Balaban J connectivity index is 1.53. The Labute approximate surface area is 175 Å². The minimum absolute atomic E-state index is 0.114. The number of aromatic nitrogens is 3. The van der Waals surface area contributed by atoms with Gasteiger partial charge in [0.25, 0.3) is 0 Å². The van der Waals surface area contributed by atoms with Crippen molar-refractivity contribution in [2.75, 3.05) is 16.8 Å². The van der Waals surface area contributed by atoms with Crippen LogP contribution < -0.4 is 16.8 Å². The Morgan fingerprint density at radius 3 is 1.66 bits per heavy atom. The van der Waals surface area contributed by atoms with E-state index in [9.17, 15) is 0 Å². The maximum Gasteiger partial charge on any atom is 0.233 e. The van der Waals surface area contributed by atoms with Gasteiger partial charge in [-0.05, 0) is 30.5 Å². The summed E-state index contributed by atoms with van der Waals surface area (Å²) >= 11 is 0. The van der Waals surface area contributed by atoms with Crippen molar-refractivity contribution in [1.29, 1.82) is 0 Å². The molecule has 0 aliphatic heterocycles. The Morgan fingerprint density at radius 2 is 1.14 bits per heavy atom. The molecule has 0 aliphatic carbocycles. The predicted molar refractivity (Wildman–Crippen MR) is 123 cm³/mol. The molecule has 1 aromatic carbocycles. The summed E-state index contributed by atoms with van der Waals surface area (Å²) in [6, 6.07) is 8.36. The first-order valence-electron chi connectivity index (χ1n) is 11.3. The van der Waals surface area contributed by atoms with Crippen LogP contribution in [0.1, 0.15) is 89.5 Å². The third-order valence-electron chi connectivity index (χ3n) is 5.20. The summed E-state index contributed by atoms with van der Waals surface area (Å²) in [5.41, 5.74) is 13.5. The van der Waals surface area contributed by atoms with Crippen LogP contribution in [0.2, 0.25) is 0 Å². The maximum absolute atomic E-state index is 5.59. The van der Waals surface area contributed by atoms with Gasteiger partial charge in [0.2, 0.25) is 17.8 Å². The molecule has 0 saturated heterocycles. The molecule has 6 nitrogen and oxygen atoms in total. The fraction of sp³-hybridized carbons (Fsp3) is 0.609. The van der Waals surface area contributed by atoms with Gasteiger partial charge in [-0.3, -0.25) is 0 Å². The number of benzene rings is 1. The van der Waals surface area contributed by atoms with Crippen molar-refractivity contribution in [3.63, 3.8) is 0 Å². The smallest absolute Gasteiger partial charge is 0.233 e. The first-order valence-corrected chi connectivity index (χ1v) is 11.3. The van der Waals surface area contributed by atoms with E-state index in [0.29, 0.717) is 5.95 Å². The van der Waals surface area contributed by atoms with Crippen molar-refractivity contribution in [2.24, 2.45) is 0 Å². The molecule has 0 amide bonds. The van der Waals surface area contributed by atoms with Crippen molar-refractivity contribution >= 4 is 23.5 Å². The van der Waals surface area contributed by atoms with E-state index in [-0.39, 0.29) is 11.9 Å².